The lowest BCUT2D eigenvalue weighted by atomic mass is 10.2. The van der Waals surface area contributed by atoms with Crippen LogP contribution in [-0.2, 0) is 0 Å². The Balaban J connectivity index is 2.96. The lowest BCUT2D eigenvalue weighted by Gasteiger charge is -2.07. The first kappa shape index (κ1) is 10.4. The molecule has 1 unspecified atom stereocenters. The molecule has 3 N–H and O–H groups in total. The number of aliphatic hydroxyl groups is 1. The number of rotatable bonds is 2. The lowest BCUT2D eigenvalue weighted by Crippen LogP contribution is -2.16. The van der Waals surface area contributed by atoms with Gasteiger partial charge in [-0.05, 0) is 50.7 Å². The molecular formula is C7H8BrIN2O. The Morgan fingerprint density at radius 1 is 1.67 bits per heavy atom. The topological polar surface area (TPSA) is 59.1 Å². The molecule has 1 aromatic rings. The summed E-state index contributed by atoms with van der Waals surface area (Å²) in [5.74, 6) is 0. The van der Waals surface area contributed by atoms with Gasteiger partial charge in [-0.3, -0.25) is 0 Å². The molecule has 0 saturated heterocycles. The van der Waals surface area contributed by atoms with Crippen molar-refractivity contribution >= 4 is 38.5 Å². The Kier molecular flexibility index (Phi) is 3.88. The fraction of sp³-hybridized carbons (Fsp3) is 0.286. The van der Waals surface area contributed by atoms with E-state index in [2.05, 4.69) is 43.5 Å². The Labute approximate surface area is 92.6 Å². The van der Waals surface area contributed by atoms with Gasteiger partial charge in [0, 0.05) is 3.57 Å². The van der Waals surface area contributed by atoms with Gasteiger partial charge in [-0.25, -0.2) is 4.98 Å². The standard InChI is InChI=1S/C7H8BrIN2O/c8-7-4(9)1-2-6(11-7)5(10)3-12/h1-2,5,12H,3,10H2. The summed E-state index contributed by atoms with van der Waals surface area (Å²) in [5, 5.41) is 8.77. The number of aromatic nitrogens is 1. The minimum Gasteiger partial charge on any atom is -0.394 e. The third-order valence-electron chi connectivity index (χ3n) is 1.40. The highest BCUT2D eigenvalue weighted by Gasteiger charge is 2.07. The molecule has 0 aromatic carbocycles. The van der Waals surface area contributed by atoms with Gasteiger partial charge in [0.15, 0.2) is 0 Å². The third kappa shape index (κ3) is 2.38. The molecule has 0 radical (unpaired) electrons. The number of halogens is 2. The van der Waals surface area contributed by atoms with Crippen LogP contribution < -0.4 is 5.73 Å². The van der Waals surface area contributed by atoms with E-state index in [4.69, 9.17) is 10.8 Å². The second-order valence-electron chi connectivity index (χ2n) is 2.30. The van der Waals surface area contributed by atoms with E-state index in [0.717, 1.165) is 8.17 Å². The van der Waals surface area contributed by atoms with Crippen LogP contribution in [-0.4, -0.2) is 16.7 Å². The molecule has 1 atom stereocenters. The summed E-state index contributed by atoms with van der Waals surface area (Å²) in [4.78, 5) is 4.17. The maximum atomic E-state index is 8.77. The molecule has 0 amide bonds. The van der Waals surface area contributed by atoms with Crippen LogP contribution in [0.2, 0.25) is 0 Å². The molecule has 0 bridgehead atoms. The van der Waals surface area contributed by atoms with E-state index in [9.17, 15) is 0 Å². The van der Waals surface area contributed by atoms with Crippen molar-refractivity contribution in [1.29, 1.82) is 0 Å². The SMILES string of the molecule is NC(CO)c1ccc(I)c(Br)n1. The van der Waals surface area contributed by atoms with Gasteiger partial charge in [0.2, 0.25) is 0 Å². The molecule has 0 fully saturated rings. The van der Waals surface area contributed by atoms with Crippen molar-refractivity contribution < 1.29 is 5.11 Å². The predicted molar refractivity (Wildman–Crippen MR) is 58.7 cm³/mol. The molecule has 0 spiro atoms. The van der Waals surface area contributed by atoms with Crippen LogP contribution in [0.4, 0.5) is 0 Å². The molecule has 3 nitrogen and oxygen atoms in total. The summed E-state index contributed by atoms with van der Waals surface area (Å²) in [5.41, 5.74) is 6.28. The Bertz CT molecular complexity index is 282. The molecule has 1 heterocycles. The fourth-order valence-corrected chi connectivity index (χ4v) is 1.37. The smallest absolute Gasteiger partial charge is 0.119 e. The summed E-state index contributed by atoms with van der Waals surface area (Å²) in [7, 11) is 0. The van der Waals surface area contributed by atoms with Crippen LogP contribution in [0.3, 0.4) is 0 Å². The van der Waals surface area contributed by atoms with Crippen LogP contribution in [0.1, 0.15) is 11.7 Å². The largest absolute Gasteiger partial charge is 0.394 e. The van der Waals surface area contributed by atoms with E-state index >= 15 is 0 Å². The molecule has 0 aliphatic carbocycles. The Hall–Kier alpha value is 0.280. The van der Waals surface area contributed by atoms with Crippen LogP contribution in [0.15, 0.2) is 16.7 Å². The molecular weight excluding hydrogens is 335 g/mol. The van der Waals surface area contributed by atoms with E-state index in [1.165, 1.54) is 0 Å². The van der Waals surface area contributed by atoms with Crippen molar-refractivity contribution in [1.82, 2.24) is 4.98 Å². The molecule has 66 valence electrons. The molecule has 0 aliphatic rings. The average Bonchev–Trinajstić information content (AvgIpc) is 2.08. The molecule has 0 saturated carbocycles. The van der Waals surface area contributed by atoms with Crippen LogP contribution >= 0.6 is 38.5 Å². The zero-order chi connectivity index (χ0) is 9.14. The average molecular weight is 343 g/mol. The van der Waals surface area contributed by atoms with Crippen molar-refractivity contribution in [3.8, 4) is 0 Å². The third-order valence-corrected chi connectivity index (χ3v) is 3.62. The van der Waals surface area contributed by atoms with Crippen molar-refractivity contribution in [3.63, 3.8) is 0 Å². The van der Waals surface area contributed by atoms with Crippen molar-refractivity contribution in [2.75, 3.05) is 6.61 Å². The van der Waals surface area contributed by atoms with Crippen LogP contribution in [0.5, 0.6) is 0 Å². The van der Waals surface area contributed by atoms with Gasteiger partial charge in [0.05, 0.1) is 18.3 Å². The van der Waals surface area contributed by atoms with Gasteiger partial charge in [-0.1, -0.05) is 0 Å². The normalized spacial score (nSPS) is 13.0. The number of hydrogen-bond acceptors (Lipinski definition) is 3. The van der Waals surface area contributed by atoms with E-state index in [1.54, 1.807) is 0 Å². The second kappa shape index (κ2) is 4.50. The van der Waals surface area contributed by atoms with Gasteiger partial charge in [-0.2, -0.15) is 0 Å². The summed E-state index contributed by atoms with van der Waals surface area (Å²) in [6, 6.07) is 3.33. The van der Waals surface area contributed by atoms with Gasteiger partial charge in [-0.15, -0.1) is 0 Å². The predicted octanol–water partition coefficient (Wildman–Crippen LogP) is 1.44. The van der Waals surface area contributed by atoms with Crippen LogP contribution in [0.25, 0.3) is 0 Å². The maximum Gasteiger partial charge on any atom is 0.119 e. The quantitative estimate of drug-likeness (QED) is 0.631. The highest BCUT2D eigenvalue weighted by Crippen LogP contribution is 2.18. The molecule has 12 heavy (non-hydrogen) atoms. The molecule has 0 aliphatic heterocycles. The summed E-state index contributed by atoms with van der Waals surface area (Å²) in [6.07, 6.45) is 0. The van der Waals surface area contributed by atoms with E-state index < -0.39 is 6.04 Å². The van der Waals surface area contributed by atoms with Gasteiger partial charge in [0.1, 0.15) is 4.60 Å². The maximum absolute atomic E-state index is 8.77. The van der Waals surface area contributed by atoms with Crippen molar-refractivity contribution in [2.24, 2.45) is 5.73 Å². The molecule has 5 heteroatoms. The van der Waals surface area contributed by atoms with Gasteiger partial charge in [0.25, 0.3) is 0 Å². The number of hydrogen-bond donors (Lipinski definition) is 2. The number of nitrogens with two attached hydrogens (primary N) is 1. The number of aliphatic hydroxyl groups excluding tert-OH is 1. The summed E-state index contributed by atoms with van der Waals surface area (Å²) >= 11 is 5.45. The Morgan fingerprint density at radius 2 is 2.33 bits per heavy atom. The highest BCUT2D eigenvalue weighted by atomic mass is 127. The highest BCUT2D eigenvalue weighted by molar-refractivity contribution is 14.1. The minimum atomic E-state index is -0.390. The first-order chi connectivity index (χ1) is 5.65. The zero-order valence-corrected chi connectivity index (χ0v) is 9.91. The zero-order valence-electron chi connectivity index (χ0n) is 6.17. The van der Waals surface area contributed by atoms with Crippen LogP contribution in [0, 0.1) is 3.57 Å². The lowest BCUT2D eigenvalue weighted by molar-refractivity contribution is 0.266. The Morgan fingerprint density at radius 3 is 2.83 bits per heavy atom. The second-order valence-corrected chi connectivity index (χ2v) is 4.21. The monoisotopic (exact) mass is 342 g/mol. The first-order valence-electron chi connectivity index (χ1n) is 3.33. The van der Waals surface area contributed by atoms with E-state index in [1.807, 2.05) is 12.1 Å². The van der Waals surface area contributed by atoms with E-state index in [-0.39, 0.29) is 6.61 Å². The van der Waals surface area contributed by atoms with Gasteiger partial charge < -0.3 is 10.8 Å². The van der Waals surface area contributed by atoms with E-state index in [0.29, 0.717) is 5.69 Å². The first-order valence-corrected chi connectivity index (χ1v) is 5.20. The summed E-state index contributed by atoms with van der Waals surface area (Å²) in [6.45, 7) is -0.0833. The summed E-state index contributed by atoms with van der Waals surface area (Å²) < 4.78 is 1.80. The molecule has 1 aromatic heterocycles. The van der Waals surface area contributed by atoms with Gasteiger partial charge >= 0.3 is 0 Å². The van der Waals surface area contributed by atoms with Crippen molar-refractivity contribution in [2.45, 2.75) is 6.04 Å². The number of pyridine rings is 1. The molecule has 1 rings (SSSR count). The number of nitrogens with zero attached hydrogens (tertiary/aromatic N) is 1. The minimum absolute atomic E-state index is 0.0833. The van der Waals surface area contributed by atoms with Crippen molar-refractivity contribution in [3.05, 3.63) is 26.0 Å². The fourth-order valence-electron chi connectivity index (χ4n) is 0.731.